The van der Waals surface area contributed by atoms with E-state index in [4.69, 9.17) is 38.7 Å². The zero-order chi connectivity index (χ0) is 24.0. The summed E-state index contributed by atoms with van der Waals surface area (Å²) in [6, 6.07) is 4.82. The van der Waals surface area contributed by atoms with E-state index in [0.29, 0.717) is 58.7 Å². The monoisotopic (exact) mass is 512 g/mol. The van der Waals surface area contributed by atoms with Gasteiger partial charge in [0.2, 0.25) is 0 Å². The van der Waals surface area contributed by atoms with Gasteiger partial charge in [-0.3, -0.25) is 0 Å². The van der Waals surface area contributed by atoms with Crippen LogP contribution in [0.1, 0.15) is 35.9 Å². The van der Waals surface area contributed by atoms with Crippen molar-refractivity contribution in [2.24, 2.45) is 11.1 Å². The van der Waals surface area contributed by atoms with Crippen LogP contribution in [0.25, 0.3) is 11.3 Å². The number of benzene rings is 1. The average Bonchev–Trinajstić information content (AvgIpc) is 2.98. The molecule has 2 fully saturated rings. The predicted octanol–water partition coefficient (Wildman–Crippen LogP) is 3.28. The summed E-state index contributed by atoms with van der Waals surface area (Å²) in [4.78, 5) is 24.1. The smallest absolute Gasteiger partial charge is 0.360 e. The van der Waals surface area contributed by atoms with Gasteiger partial charge in [-0.05, 0) is 32.8 Å². The Labute approximate surface area is 203 Å². The molecule has 3 heterocycles. The van der Waals surface area contributed by atoms with Crippen molar-refractivity contribution in [3.05, 3.63) is 39.6 Å². The molecule has 2 aromatic rings. The minimum Gasteiger partial charge on any atom is -0.461 e. The lowest BCUT2D eigenvalue weighted by Crippen LogP contribution is -2.49. The number of nitrogens with two attached hydrogens (primary N) is 1. The number of aryl methyl sites for hydroxylation is 1. The van der Waals surface area contributed by atoms with Gasteiger partial charge in [0.15, 0.2) is 21.3 Å². The molecule has 2 aliphatic heterocycles. The van der Waals surface area contributed by atoms with Gasteiger partial charge in [0.1, 0.15) is 0 Å². The molecule has 1 spiro atoms. The fourth-order valence-electron chi connectivity index (χ4n) is 4.74. The minimum atomic E-state index is -3.13. The van der Waals surface area contributed by atoms with Crippen molar-refractivity contribution < 1.29 is 17.9 Å². The fraction of sp³-hybridized carbons (Fsp3) is 0.500. The van der Waals surface area contributed by atoms with Gasteiger partial charge in [0, 0.05) is 30.1 Å². The maximum atomic E-state index is 12.8. The number of rotatable bonds is 4. The second-order valence-corrected chi connectivity index (χ2v) is 11.6. The van der Waals surface area contributed by atoms with Crippen LogP contribution in [-0.2, 0) is 14.6 Å². The summed E-state index contributed by atoms with van der Waals surface area (Å²) in [7, 11) is -3.13. The standard InChI is InChI=1S/C22H26Cl2N4O4S/c1-3-32-21(29)19-20(26-13(2)18(27-19)14-5-4-6-15(23)17(14)24)28-9-7-22(8-10-28)12-33(30,31)11-16(22)25/h4-6,16H,3,7-12,25H2,1-2H3/t16-/m1/s1. The number of hydrogen-bond donors (Lipinski definition) is 1. The summed E-state index contributed by atoms with van der Waals surface area (Å²) in [5, 5.41) is 0.705. The molecular formula is C22H26Cl2N4O4S. The summed E-state index contributed by atoms with van der Waals surface area (Å²) in [6.45, 7) is 4.74. The number of piperidine rings is 1. The van der Waals surface area contributed by atoms with E-state index >= 15 is 0 Å². The lowest BCUT2D eigenvalue weighted by Gasteiger charge is -2.41. The second kappa shape index (κ2) is 9.02. The van der Waals surface area contributed by atoms with Crippen LogP contribution in [0.4, 0.5) is 5.82 Å². The van der Waals surface area contributed by atoms with Crippen LogP contribution in [0, 0.1) is 12.3 Å². The number of halogens is 2. The Morgan fingerprint density at radius 1 is 1.27 bits per heavy atom. The van der Waals surface area contributed by atoms with Crippen molar-refractivity contribution in [1.82, 2.24) is 9.97 Å². The SMILES string of the molecule is CCOC(=O)c1nc(-c2cccc(Cl)c2Cl)c(C)nc1N1CCC2(CC1)CS(=O)(=O)C[C@H]2N. The van der Waals surface area contributed by atoms with Crippen LogP contribution < -0.4 is 10.6 Å². The van der Waals surface area contributed by atoms with Crippen molar-refractivity contribution in [3.8, 4) is 11.3 Å². The molecular weight excluding hydrogens is 487 g/mol. The molecule has 0 unspecified atom stereocenters. The normalized spacial score (nSPS) is 21.4. The number of carbonyl (C=O) groups excluding carboxylic acids is 1. The predicted molar refractivity (Wildman–Crippen MR) is 129 cm³/mol. The van der Waals surface area contributed by atoms with Gasteiger partial charge in [0.25, 0.3) is 0 Å². The largest absolute Gasteiger partial charge is 0.461 e. The zero-order valence-electron chi connectivity index (χ0n) is 18.5. The topological polar surface area (TPSA) is 115 Å². The average molecular weight is 513 g/mol. The van der Waals surface area contributed by atoms with E-state index in [0.717, 1.165) is 0 Å². The third-order valence-electron chi connectivity index (χ3n) is 6.51. The quantitative estimate of drug-likeness (QED) is 0.620. The van der Waals surface area contributed by atoms with Crippen molar-refractivity contribution in [2.75, 3.05) is 36.1 Å². The van der Waals surface area contributed by atoms with Crippen molar-refractivity contribution in [2.45, 2.75) is 32.7 Å². The summed E-state index contributed by atoms with van der Waals surface area (Å²) in [5.41, 5.74) is 7.50. The van der Waals surface area contributed by atoms with Gasteiger partial charge in [-0.15, -0.1) is 0 Å². The van der Waals surface area contributed by atoms with Crippen LogP contribution in [0.15, 0.2) is 18.2 Å². The Bertz CT molecular complexity index is 1200. The van der Waals surface area contributed by atoms with E-state index in [2.05, 4.69) is 4.98 Å². The van der Waals surface area contributed by atoms with E-state index in [1.807, 2.05) is 4.90 Å². The molecule has 0 bridgehead atoms. The number of hydrogen-bond acceptors (Lipinski definition) is 8. The number of carbonyl (C=O) groups is 1. The van der Waals surface area contributed by atoms with Gasteiger partial charge in [-0.2, -0.15) is 0 Å². The third-order valence-corrected chi connectivity index (χ3v) is 9.21. The van der Waals surface area contributed by atoms with Gasteiger partial charge < -0.3 is 15.4 Å². The maximum absolute atomic E-state index is 12.8. The van der Waals surface area contributed by atoms with Gasteiger partial charge in [-0.25, -0.2) is 23.2 Å². The highest BCUT2D eigenvalue weighted by Gasteiger charge is 2.50. The molecule has 2 N–H and O–H groups in total. The number of nitrogens with zero attached hydrogens (tertiary/aromatic N) is 3. The van der Waals surface area contributed by atoms with Crippen molar-refractivity contribution >= 4 is 44.8 Å². The van der Waals surface area contributed by atoms with Crippen LogP contribution in [0.3, 0.4) is 0 Å². The Kier molecular flexibility index (Phi) is 6.61. The molecule has 178 valence electrons. The third kappa shape index (κ3) is 4.56. The maximum Gasteiger partial charge on any atom is 0.360 e. The molecule has 2 saturated heterocycles. The van der Waals surface area contributed by atoms with Gasteiger partial charge >= 0.3 is 5.97 Å². The molecule has 1 atom stereocenters. The Balaban J connectivity index is 1.71. The highest BCUT2D eigenvalue weighted by Crippen LogP contribution is 2.42. The van der Waals surface area contributed by atoms with Crippen molar-refractivity contribution in [1.29, 1.82) is 0 Å². The Morgan fingerprint density at radius 2 is 1.97 bits per heavy atom. The number of esters is 1. The lowest BCUT2D eigenvalue weighted by atomic mass is 9.75. The molecule has 11 heteroatoms. The first kappa shape index (κ1) is 24.2. The van der Waals surface area contributed by atoms with Crippen molar-refractivity contribution in [3.63, 3.8) is 0 Å². The number of ether oxygens (including phenoxy) is 1. The summed E-state index contributed by atoms with van der Waals surface area (Å²) < 4.78 is 29.6. The first-order valence-electron chi connectivity index (χ1n) is 10.8. The van der Waals surface area contributed by atoms with Crippen LogP contribution in [0.2, 0.25) is 10.0 Å². The summed E-state index contributed by atoms with van der Waals surface area (Å²) in [6.07, 6.45) is 1.19. The molecule has 0 radical (unpaired) electrons. The number of sulfone groups is 1. The first-order valence-corrected chi connectivity index (χ1v) is 13.4. The fourth-order valence-corrected chi connectivity index (χ4v) is 7.53. The molecule has 8 nitrogen and oxygen atoms in total. The molecule has 0 saturated carbocycles. The molecule has 1 aromatic heterocycles. The molecule has 0 aliphatic carbocycles. The molecule has 33 heavy (non-hydrogen) atoms. The van der Waals surface area contributed by atoms with E-state index in [-0.39, 0.29) is 29.8 Å². The Morgan fingerprint density at radius 3 is 2.58 bits per heavy atom. The first-order chi connectivity index (χ1) is 15.6. The molecule has 2 aliphatic rings. The minimum absolute atomic E-state index is 0.0229. The number of aromatic nitrogens is 2. The molecule has 4 rings (SSSR count). The summed E-state index contributed by atoms with van der Waals surface area (Å²) in [5.74, 6) is -0.0388. The van der Waals surface area contributed by atoms with E-state index in [1.165, 1.54) is 0 Å². The number of anilines is 1. The zero-order valence-corrected chi connectivity index (χ0v) is 20.8. The second-order valence-electron chi connectivity index (χ2n) is 8.66. The highest BCUT2D eigenvalue weighted by atomic mass is 35.5. The highest BCUT2D eigenvalue weighted by molar-refractivity contribution is 7.91. The van der Waals surface area contributed by atoms with Crippen LogP contribution in [-0.4, -0.2) is 61.6 Å². The van der Waals surface area contributed by atoms with Crippen LogP contribution >= 0.6 is 23.2 Å². The van der Waals surface area contributed by atoms with E-state index in [1.54, 1.807) is 32.0 Å². The van der Waals surface area contributed by atoms with Gasteiger partial charge in [0.05, 0.1) is 39.5 Å². The molecule has 1 aromatic carbocycles. The summed E-state index contributed by atoms with van der Waals surface area (Å²) >= 11 is 12.6. The molecule has 0 amide bonds. The van der Waals surface area contributed by atoms with E-state index in [9.17, 15) is 13.2 Å². The van der Waals surface area contributed by atoms with E-state index < -0.39 is 21.2 Å². The Hall–Kier alpha value is -1.94. The lowest BCUT2D eigenvalue weighted by molar-refractivity contribution is 0.0519. The van der Waals surface area contributed by atoms with Crippen LogP contribution in [0.5, 0.6) is 0 Å². The van der Waals surface area contributed by atoms with Gasteiger partial charge in [-0.1, -0.05) is 35.3 Å².